The lowest BCUT2D eigenvalue weighted by molar-refractivity contribution is -0.120. The van der Waals surface area contributed by atoms with Crippen molar-refractivity contribution in [3.05, 3.63) is 0 Å². The normalized spacial score (nSPS) is 21.6. The number of halogens is 1. The minimum Gasteiger partial charge on any atom is -0.355 e. The lowest BCUT2D eigenvalue weighted by atomic mass is 10.1. The van der Waals surface area contributed by atoms with E-state index in [9.17, 15) is 4.79 Å². The molecule has 1 rings (SSSR count). The van der Waals surface area contributed by atoms with Crippen molar-refractivity contribution < 1.29 is 4.79 Å². The molecule has 0 aromatic heterocycles. The molecule has 1 aliphatic rings. The molecule has 0 bridgehead atoms. The van der Waals surface area contributed by atoms with Gasteiger partial charge in [-0.05, 0) is 24.7 Å². The fourth-order valence-electron chi connectivity index (χ4n) is 0.987. The van der Waals surface area contributed by atoms with Crippen LogP contribution in [0.4, 0.5) is 0 Å². The molecule has 0 radical (unpaired) electrons. The molecule has 0 saturated heterocycles. The number of amides is 1. The zero-order valence-corrected chi connectivity index (χ0v) is 9.28. The highest BCUT2D eigenvalue weighted by Crippen LogP contribution is 2.44. The Morgan fingerprint density at radius 3 is 2.67 bits per heavy atom. The van der Waals surface area contributed by atoms with Gasteiger partial charge in [0.05, 0.1) is 4.83 Å². The Balaban J connectivity index is 2.18. The molecule has 70 valence electrons. The minimum absolute atomic E-state index is 0.0140. The van der Waals surface area contributed by atoms with Crippen LogP contribution in [0.2, 0.25) is 0 Å². The van der Waals surface area contributed by atoms with Crippen molar-refractivity contribution in [1.29, 1.82) is 0 Å². The van der Waals surface area contributed by atoms with E-state index in [4.69, 9.17) is 0 Å². The quantitative estimate of drug-likeness (QED) is 0.741. The summed E-state index contributed by atoms with van der Waals surface area (Å²) >= 11 is 3.32. The second-order valence-corrected chi connectivity index (χ2v) is 5.01. The fraction of sp³-hybridized carbons (Fsp3) is 0.889. The van der Waals surface area contributed by atoms with E-state index >= 15 is 0 Å². The molecular weight excluding hydrogens is 218 g/mol. The third-order valence-corrected chi connectivity index (χ3v) is 3.50. The van der Waals surface area contributed by atoms with E-state index < -0.39 is 0 Å². The van der Waals surface area contributed by atoms with Crippen molar-refractivity contribution in [2.45, 2.75) is 37.9 Å². The second kappa shape index (κ2) is 3.77. The molecule has 1 aliphatic carbocycles. The summed E-state index contributed by atoms with van der Waals surface area (Å²) in [6, 6.07) is 0. The van der Waals surface area contributed by atoms with E-state index in [0.717, 1.165) is 13.0 Å². The first-order chi connectivity index (χ1) is 5.57. The Labute approximate surface area is 82.2 Å². The zero-order valence-electron chi connectivity index (χ0n) is 7.69. The van der Waals surface area contributed by atoms with E-state index in [1.165, 1.54) is 12.8 Å². The minimum atomic E-state index is -0.0140. The standard InChI is InChI=1S/C9H16BrNO/c1-3-7(10)8(12)11-6-9(2)4-5-9/h7H,3-6H2,1-2H3,(H,11,12). The Bertz CT molecular complexity index is 177. The molecule has 1 fully saturated rings. The van der Waals surface area contributed by atoms with E-state index in [1.807, 2.05) is 6.92 Å². The van der Waals surface area contributed by atoms with Crippen LogP contribution in [-0.2, 0) is 4.79 Å². The number of carbonyl (C=O) groups excluding carboxylic acids is 1. The summed E-state index contributed by atoms with van der Waals surface area (Å²) in [7, 11) is 0. The van der Waals surface area contributed by atoms with Gasteiger partial charge in [-0.3, -0.25) is 4.79 Å². The number of hydrogen-bond donors (Lipinski definition) is 1. The summed E-state index contributed by atoms with van der Waals surface area (Å²) in [5.74, 6) is 0.130. The maximum Gasteiger partial charge on any atom is 0.233 e. The Morgan fingerprint density at radius 1 is 1.67 bits per heavy atom. The Hall–Kier alpha value is -0.0500. The van der Waals surface area contributed by atoms with Crippen LogP contribution in [0.15, 0.2) is 0 Å². The molecule has 12 heavy (non-hydrogen) atoms. The molecule has 0 aromatic carbocycles. The van der Waals surface area contributed by atoms with E-state index in [1.54, 1.807) is 0 Å². The number of rotatable bonds is 4. The van der Waals surface area contributed by atoms with Gasteiger partial charge in [-0.1, -0.05) is 29.8 Å². The molecule has 0 spiro atoms. The topological polar surface area (TPSA) is 29.1 Å². The molecule has 0 aliphatic heterocycles. The van der Waals surface area contributed by atoms with Gasteiger partial charge in [0.25, 0.3) is 0 Å². The first-order valence-corrected chi connectivity index (χ1v) is 5.41. The zero-order chi connectivity index (χ0) is 9.19. The van der Waals surface area contributed by atoms with Crippen LogP contribution in [0.3, 0.4) is 0 Å². The average Bonchev–Trinajstić information content (AvgIpc) is 2.79. The van der Waals surface area contributed by atoms with Gasteiger partial charge in [-0.25, -0.2) is 0 Å². The van der Waals surface area contributed by atoms with E-state index in [-0.39, 0.29) is 10.7 Å². The van der Waals surface area contributed by atoms with Gasteiger partial charge >= 0.3 is 0 Å². The van der Waals surface area contributed by atoms with Crippen molar-refractivity contribution in [3.63, 3.8) is 0 Å². The molecule has 0 aromatic rings. The second-order valence-electron chi connectivity index (χ2n) is 3.90. The van der Waals surface area contributed by atoms with Crippen LogP contribution >= 0.6 is 15.9 Å². The highest BCUT2D eigenvalue weighted by atomic mass is 79.9. The van der Waals surface area contributed by atoms with Gasteiger partial charge in [0, 0.05) is 6.54 Å². The highest BCUT2D eigenvalue weighted by Gasteiger charge is 2.37. The number of nitrogens with one attached hydrogen (secondary N) is 1. The summed E-state index contributed by atoms with van der Waals surface area (Å²) in [5, 5.41) is 2.95. The number of carbonyl (C=O) groups is 1. The predicted molar refractivity (Wildman–Crippen MR) is 53.4 cm³/mol. The first-order valence-electron chi connectivity index (χ1n) is 4.49. The van der Waals surface area contributed by atoms with E-state index in [0.29, 0.717) is 5.41 Å². The monoisotopic (exact) mass is 233 g/mol. The third kappa shape index (κ3) is 2.77. The van der Waals surface area contributed by atoms with Gasteiger partial charge in [0.2, 0.25) is 5.91 Å². The van der Waals surface area contributed by atoms with Crippen LogP contribution in [0.25, 0.3) is 0 Å². The van der Waals surface area contributed by atoms with Crippen LogP contribution in [0, 0.1) is 5.41 Å². The summed E-state index contributed by atoms with van der Waals surface area (Å²) in [5.41, 5.74) is 0.413. The molecule has 3 heteroatoms. The van der Waals surface area contributed by atoms with Gasteiger partial charge in [0.15, 0.2) is 0 Å². The Kier molecular flexibility index (Phi) is 3.16. The molecule has 0 heterocycles. The maximum absolute atomic E-state index is 11.3. The van der Waals surface area contributed by atoms with Crippen LogP contribution in [0.5, 0.6) is 0 Å². The molecule has 1 amide bonds. The van der Waals surface area contributed by atoms with Crippen LogP contribution in [-0.4, -0.2) is 17.3 Å². The summed E-state index contributed by atoms with van der Waals surface area (Å²) < 4.78 is 0. The van der Waals surface area contributed by atoms with Crippen molar-refractivity contribution in [1.82, 2.24) is 5.32 Å². The summed E-state index contributed by atoms with van der Waals surface area (Å²) in [6.45, 7) is 5.05. The smallest absolute Gasteiger partial charge is 0.233 e. The molecular formula is C9H16BrNO. The molecule has 1 N–H and O–H groups in total. The van der Waals surface area contributed by atoms with Gasteiger partial charge in [-0.15, -0.1) is 0 Å². The van der Waals surface area contributed by atoms with Gasteiger partial charge in [-0.2, -0.15) is 0 Å². The van der Waals surface area contributed by atoms with Gasteiger partial charge in [0.1, 0.15) is 0 Å². The summed E-state index contributed by atoms with van der Waals surface area (Å²) in [6.07, 6.45) is 3.36. The van der Waals surface area contributed by atoms with Crippen molar-refractivity contribution in [2.24, 2.45) is 5.41 Å². The largest absolute Gasteiger partial charge is 0.355 e. The predicted octanol–water partition coefficient (Wildman–Crippen LogP) is 2.08. The van der Waals surface area contributed by atoms with Crippen molar-refractivity contribution in [3.8, 4) is 0 Å². The SMILES string of the molecule is CCC(Br)C(=O)NCC1(C)CC1. The highest BCUT2D eigenvalue weighted by molar-refractivity contribution is 9.10. The molecule has 1 unspecified atom stereocenters. The van der Waals surface area contributed by atoms with E-state index in [2.05, 4.69) is 28.2 Å². The Morgan fingerprint density at radius 2 is 2.25 bits per heavy atom. The van der Waals surface area contributed by atoms with Gasteiger partial charge < -0.3 is 5.32 Å². The van der Waals surface area contributed by atoms with Crippen molar-refractivity contribution >= 4 is 21.8 Å². The van der Waals surface area contributed by atoms with Crippen molar-refractivity contribution in [2.75, 3.05) is 6.54 Å². The first kappa shape index (κ1) is 10.0. The van der Waals surface area contributed by atoms with Crippen LogP contribution < -0.4 is 5.32 Å². The third-order valence-electron chi connectivity index (χ3n) is 2.44. The number of hydrogen-bond acceptors (Lipinski definition) is 1. The lowest BCUT2D eigenvalue weighted by Gasteiger charge is -2.12. The summed E-state index contributed by atoms with van der Waals surface area (Å²) in [4.78, 5) is 11.3. The number of alkyl halides is 1. The fourth-order valence-corrected chi connectivity index (χ4v) is 1.15. The van der Waals surface area contributed by atoms with Crippen LogP contribution in [0.1, 0.15) is 33.1 Å². The molecule has 1 atom stereocenters. The molecule has 1 saturated carbocycles. The average molecular weight is 234 g/mol. The lowest BCUT2D eigenvalue weighted by Crippen LogP contribution is -2.34. The molecule has 2 nitrogen and oxygen atoms in total. The maximum atomic E-state index is 11.3.